The number of hydrogen-bond acceptors (Lipinski definition) is 3. The van der Waals surface area contributed by atoms with E-state index in [-0.39, 0.29) is 5.82 Å². The molecular weight excluding hydrogens is 273 g/mol. The molecule has 0 radical (unpaired) electrons. The predicted octanol–water partition coefficient (Wildman–Crippen LogP) is 4.02. The lowest BCUT2D eigenvalue weighted by molar-refractivity contribution is 0.173. The zero-order valence-electron chi connectivity index (χ0n) is 11.0. The summed E-state index contributed by atoms with van der Waals surface area (Å²) in [6, 6.07) is 12.6. The highest BCUT2D eigenvalue weighted by molar-refractivity contribution is 7.18. The van der Waals surface area contributed by atoms with Gasteiger partial charge in [-0.2, -0.15) is 0 Å². The summed E-state index contributed by atoms with van der Waals surface area (Å²) in [5.41, 5.74) is 2.19. The third-order valence-electron chi connectivity index (χ3n) is 3.22. The van der Waals surface area contributed by atoms with Crippen LogP contribution in [0.4, 0.5) is 4.39 Å². The molecule has 1 aromatic heterocycles. The van der Waals surface area contributed by atoms with Crippen molar-refractivity contribution >= 4 is 21.6 Å². The van der Waals surface area contributed by atoms with Crippen LogP contribution >= 0.6 is 11.3 Å². The number of nitrogens with zero attached hydrogens (tertiary/aromatic N) is 1. The molecule has 0 spiro atoms. The number of benzene rings is 2. The standard InChI is InChI=1S/C16H14FNOS/c1-10-6-7-12(17)11(8-10)14(19)9-16-18-13-4-2-3-5-15(13)20-16/h2-8,14,19H,9H2,1H3. The first-order chi connectivity index (χ1) is 9.63. The second-order valence-corrected chi connectivity index (χ2v) is 5.94. The van der Waals surface area contributed by atoms with Crippen LogP contribution in [0.5, 0.6) is 0 Å². The number of aryl methyl sites for hydroxylation is 1. The topological polar surface area (TPSA) is 33.1 Å². The predicted molar refractivity (Wildman–Crippen MR) is 79.4 cm³/mol. The van der Waals surface area contributed by atoms with Crippen LogP contribution in [0, 0.1) is 12.7 Å². The van der Waals surface area contributed by atoms with Crippen LogP contribution in [0.3, 0.4) is 0 Å². The van der Waals surface area contributed by atoms with E-state index in [9.17, 15) is 9.50 Å². The van der Waals surface area contributed by atoms with E-state index in [1.54, 1.807) is 12.1 Å². The molecule has 3 aromatic rings. The molecule has 1 heterocycles. The van der Waals surface area contributed by atoms with Crippen molar-refractivity contribution in [2.75, 3.05) is 0 Å². The summed E-state index contributed by atoms with van der Waals surface area (Å²) in [6.45, 7) is 1.88. The van der Waals surface area contributed by atoms with Crippen LogP contribution in [0.15, 0.2) is 42.5 Å². The smallest absolute Gasteiger partial charge is 0.129 e. The van der Waals surface area contributed by atoms with Gasteiger partial charge < -0.3 is 5.11 Å². The van der Waals surface area contributed by atoms with Gasteiger partial charge in [-0.1, -0.05) is 29.8 Å². The quantitative estimate of drug-likeness (QED) is 0.789. The molecule has 0 bridgehead atoms. The van der Waals surface area contributed by atoms with Crippen LogP contribution < -0.4 is 0 Å². The van der Waals surface area contributed by atoms with E-state index in [1.165, 1.54) is 17.4 Å². The highest BCUT2D eigenvalue weighted by Gasteiger charge is 2.16. The lowest BCUT2D eigenvalue weighted by Gasteiger charge is -2.11. The molecule has 0 aliphatic rings. The molecule has 1 N–H and O–H groups in total. The first-order valence-corrected chi connectivity index (χ1v) is 7.24. The van der Waals surface area contributed by atoms with Gasteiger partial charge in [-0.25, -0.2) is 9.37 Å². The number of aromatic nitrogens is 1. The number of thiazole rings is 1. The summed E-state index contributed by atoms with van der Waals surface area (Å²) >= 11 is 1.54. The maximum atomic E-state index is 13.8. The zero-order chi connectivity index (χ0) is 14.1. The molecule has 102 valence electrons. The maximum absolute atomic E-state index is 13.8. The van der Waals surface area contributed by atoms with E-state index in [1.807, 2.05) is 31.2 Å². The fourth-order valence-corrected chi connectivity index (χ4v) is 3.21. The molecule has 3 rings (SSSR count). The maximum Gasteiger partial charge on any atom is 0.129 e. The molecule has 0 saturated heterocycles. The molecule has 4 heteroatoms. The largest absolute Gasteiger partial charge is 0.388 e. The van der Waals surface area contributed by atoms with Crippen molar-refractivity contribution in [3.8, 4) is 0 Å². The molecule has 0 saturated carbocycles. The number of hydrogen-bond donors (Lipinski definition) is 1. The lowest BCUT2D eigenvalue weighted by atomic mass is 10.0. The second kappa shape index (κ2) is 5.31. The summed E-state index contributed by atoms with van der Waals surface area (Å²) in [7, 11) is 0. The summed E-state index contributed by atoms with van der Waals surface area (Å²) in [4.78, 5) is 4.47. The van der Waals surface area contributed by atoms with Gasteiger partial charge >= 0.3 is 0 Å². The van der Waals surface area contributed by atoms with Crippen molar-refractivity contribution in [3.05, 3.63) is 64.4 Å². The Morgan fingerprint density at radius 1 is 1.25 bits per heavy atom. The normalized spacial score (nSPS) is 12.8. The van der Waals surface area contributed by atoms with E-state index < -0.39 is 6.10 Å². The van der Waals surface area contributed by atoms with Gasteiger partial charge in [-0.15, -0.1) is 11.3 Å². The van der Waals surface area contributed by atoms with E-state index in [2.05, 4.69) is 4.98 Å². The Bertz CT molecular complexity index is 720. The lowest BCUT2D eigenvalue weighted by Crippen LogP contribution is -2.04. The summed E-state index contributed by atoms with van der Waals surface area (Å²) in [5.74, 6) is -0.371. The molecule has 20 heavy (non-hydrogen) atoms. The van der Waals surface area contributed by atoms with Crippen molar-refractivity contribution < 1.29 is 9.50 Å². The summed E-state index contributed by atoms with van der Waals surface area (Å²) in [5, 5.41) is 11.1. The molecule has 1 atom stereocenters. The minimum atomic E-state index is -0.865. The van der Waals surface area contributed by atoms with Crippen molar-refractivity contribution in [1.29, 1.82) is 0 Å². The van der Waals surface area contributed by atoms with Crippen molar-refractivity contribution in [1.82, 2.24) is 4.98 Å². The third kappa shape index (κ3) is 2.57. The first-order valence-electron chi connectivity index (χ1n) is 6.42. The van der Waals surface area contributed by atoms with Crippen LogP contribution in [0.1, 0.15) is 22.2 Å². The first kappa shape index (κ1) is 13.2. The Labute approximate surface area is 120 Å². The van der Waals surface area contributed by atoms with Crippen molar-refractivity contribution in [2.45, 2.75) is 19.4 Å². The molecule has 0 fully saturated rings. The number of halogens is 1. The van der Waals surface area contributed by atoms with Gasteiger partial charge in [0.15, 0.2) is 0 Å². The number of para-hydroxylation sites is 1. The van der Waals surface area contributed by atoms with Crippen molar-refractivity contribution in [2.24, 2.45) is 0 Å². The highest BCUT2D eigenvalue weighted by Crippen LogP contribution is 2.27. The minimum absolute atomic E-state index is 0.333. The van der Waals surface area contributed by atoms with Crippen LogP contribution in [0.2, 0.25) is 0 Å². The Kier molecular flexibility index (Phi) is 3.51. The third-order valence-corrected chi connectivity index (χ3v) is 4.28. The monoisotopic (exact) mass is 287 g/mol. The highest BCUT2D eigenvalue weighted by atomic mass is 32.1. The molecular formula is C16H14FNOS. The number of aliphatic hydroxyl groups is 1. The van der Waals surface area contributed by atoms with Crippen LogP contribution in [-0.4, -0.2) is 10.1 Å². The minimum Gasteiger partial charge on any atom is -0.388 e. The molecule has 0 aliphatic carbocycles. The molecule has 0 amide bonds. The molecule has 2 nitrogen and oxygen atoms in total. The molecule has 2 aromatic carbocycles. The number of aliphatic hydroxyl groups excluding tert-OH is 1. The van der Waals surface area contributed by atoms with Gasteiger partial charge in [0.2, 0.25) is 0 Å². The summed E-state index contributed by atoms with van der Waals surface area (Å²) in [6.07, 6.45) is -0.532. The Morgan fingerprint density at radius 2 is 2.05 bits per heavy atom. The van der Waals surface area contributed by atoms with Gasteiger partial charge in [0.05, 0.1) is 21.3 Å². The van der Waals surface area contributed by atoms with Crippen LogP contribution in [0.25, 0.3) is 10.2 Å². The zero-order valence-corrected chi connectivity index (χ0v) is 11.8. The van der Waals surface area contributed by atoms with Gasteiger partial charge in [0.25, 0.3) is 0 Å². The van der Waals surface area contributed by atoms with E-state index in [0.717, 1.165) is 20.8 Å². The van der Waals surface area contributed by atoms with Crippen LogP contribution in [-0.2, 0) is 6.42 Å². The molecule has 1 unspecified atom stereocenters. The Morgan fingerprint density at radius 3 is 2.85 bits per heavy atom. The van der Waals surface area contributed by atoms with E-state index in [4.69, 9.17) is 0 Å². The van der Waals surface area contributed by atoms with Gasteiger partial charge in [0.1, 0.15) is 5.82 Å². The average Bonchev–Trinajstić information content (AvgIpc) is 2.83. The fraction of sp³-hybridized carbons (Fsp3) is 0.188. The summed E-state index contributed by atoms with van der Waals surface area (Å²) < 4.78 is 14.8. The number of rotatable bonds is 3. The second-order valence-electron chi connectivity index (χ2n) is 4.82. The molecule has 0 aliphatic heterocycles. The van der Waals surface area contributed by atoms with Gasteiger partial charge in [0, 0.05) is 12.0 Å². The van der Waals surface area contributed by atoms with Gasteiger partial charge in [-0.3, -0.25) is 0 Å². The van der Waals surface area contributed by atoms with Gasteiger partial charge in [-0.05, 0) is 25.1 Å². The Hall–Kier alpha value is -1.78. The average molecular weight is 287 g/mol. The van der Waals surface area contributed by atoms with E-state index >= 15 is 0 Å². The van der Waals surface area contributed by atoms with Crippen molar-refractivity contribution in [3.63, 3.8) is 0 Å². The fourth-order valence-electron chi connectivity index (χ4n) is 2.20. The Balaban J connectivity index is 1.88. The van der Waals surface area contributed by atoms with E-state index in [0.29, 0.717) is 12.0 Å². The number of fused-ring (bicyclic) bond motifs is 1. The SMILES string of the molecule is Cc1ccc(F)c(C(O)Cc2nc3ccccc3s2)c1.